The summed E-state index contributed by atoms with van der Waals surface area (Å²) in [5.74, 6) is 0.369. The van der Waals surface area contributed by atoms with E-state index in [2.05, 4.69) is 42.5 Å². The quantitative estimate of drug-likeness (QED) is 0.667. The molecule has 0 heterocycles. The van der Waals surface area contributed by atoms with Gasteiger partial charge in [0.25, 0.3) is 0 Å². The number of benzene rings is 3. The molecule has 0 N–H and O–H groups in total. The number of fused-ring (bicyclic) bond motifs is 5. The number of carbonyl (C=O) groups is 1. The highest BCUT2D eigenvalue weighted by atomic mass is 16.5. The first kappa shape index (κ1) is 14.9. The number of hydrogen-bond donors (Lipinski definition) is 0. The number of carbonyl (C=O) groups excluding carboxylic acids is 1. The smallest absolute Gasteiger partial charge is 0.343 e. The molecule has 0 aliphatic heterocycles. The van der Waals surface area contributed by atoms with Crippen LogP contribution in [0.5, 0.6) is 0 Å². The van der Waals surface area contributed by atoms with Crippen LogP contribution in [0.15, 0.2) is 72.5 Å². The Hall–Kier alpha value is -3.39. The van der Waals surface area contributed by atoms with Crippen molar-refractivity contribution in [3.05, 3.63) is 99.6 Å². The number of esters is 1. The van der Waals surface area contributed by atoms with Gasteiger partial charge in [-0.25, -0.2) is 4.79 Å². The second kappa shape index (κ2) is 5.85. The summed E-state index contributed by atoms with van der Waals surface area (Å²) in [4.78, 5) is 12.4. The average Bonchev–Trinajstić information content (AvgIpc) is 3.17. The number of allylic oxidation sites excluding steroid dienone is 3. The van der Waals surface area contributed by atoms with Crippen LogP contribution in [0, 0.1) is 0 Å². The lowest BCUT2D eigenvalue weighted by atomic mass is 9.93. The van der Waals surface area contributed by atoms with Gasteiger partial charge in [-0.3, -0.25) is 0 Å². The van der Waals surface area contributed by atoms with Gasteiger partial charge >= 0.3 is 5.97 Å². The van der Waals surface area contributed by atoms with E-state index in [1.807, 2.05) is 30.4 Å². The Morgan fingerprint density at radius 3 is 2.50 bits per heavy atom. The van der Waals surface area contributed by atoms with E-state index in [4.69, 9.17) is 4.74 Å². The fraction of sp³-hybridized carbons (Fsp3) is 0.0417. The molecule has 2 nitrogen and oxygen atoms in total. The van der Waals surface area contributed by atoms with E-state index in [0.717, 1.165) is 0 Å². The lowest BCUT2D eigenvalue weighted by Crippen LogP contribution is -2.17. The molecule has 0 radical (unpaired) electrons. The van der Waals surface area contributed by atoms with Gasteiger partial charge in [0, 0.05) is 6.42 Å². The first-order chi connectivity index (χ1) is 12.8. The fourth-order valence-electron chi connectivity index (χ4n) is 3.70. The van der Waals surface area contributed by atoms with Gasteiger partial charge in [0.1, 0.15) is 5.76 Å². The first-order valence-electron chi connectivity index (χ1n) is 8.71. The Balaban J connectivity index is 1.53. The second-order valence-electron chi connectivity index (χ2n) is 6.55. The zero-order valence-electron chi connectivity index (χ0n) is 14.1. The summed E-state index contributed by atoms with van der Waals surface area (Å²) < 4.78 is 5.65. The van der Waals surface area contributed by atoms with Crippen LogP contribution in [0.3, 0.4) is 0 Å². The third-order valence-electron chi connectivity index (χ3n) is 5.00. The molecule has 0 saturated heterocycles. The predicted octanol–water partition coefficient (Wildman–Crippen LogP) is 3.72. The van der Waals surface area contributed by atoms with Crippen LogP contribution >= 0.6 is 0 Å². The molecule has 0 fully saturated rings. The van der Waals surface area contributed by atoms with Crippen LogP contribution in [-0.4, -0.2) is 5.97 Å². The number of hydrogen-bond acceptors (Lipinski definition) is 2. The Morgan fingerprint density at radius 1 is 0.808 bits per heavy atom. The Bertz CT molecular complexity index is 1230. The Labute approximate surface area is 151 Å². The van der Waals surface area contributed by atoms with E-state index in [-0.39, 0.29) is 5.97 Å². The van der Waals surface area contributed by atoms with Gasteiger partial charge in [0.05, 0.1) is 5.56 Å². The molecular weight excluding hydrogens is 320 g/mol. The molecule has 0 saturated carbocycles. The molecular formula is C24H16O2. The molecule has 3 aromatic rings. The minimum absolute atomic E-state index is 0.313. The average molecular weight is 336 g/mol. The van der Waals surface area contributed by atoms with Crippen LogP contribution in [0.2, 0.25) is 0 Å². The van der Waals surface area contributed by atoms with Crippen LogP contribution in [0.4, 0.5) is 0 Å². The van der Waals surface area contributed by atoms with Crippen molar-refractivity contribution in [3.63, 3.8) is 0 Å². The molecule has 3 aromatic carbocycles. The SMILES string of the molecule is O=C(OC1=CC=c2ccc3c4c(ccc3c2C1)=CC=C4)c1ccccc1. The molecule has 0 amide bonds. The lowest BCUT2D eigenvalue weighted by Gasteiger charge is -2.15. The maximum Gasteiger partial charge on any atom is 0.343 e. The molecule has 0 aromatic heterocycles. The molecule has 2 aliphatic carbocycles. The van der Waals surface area contributed by atoms with Crippen molar-refractivity contribution >= 4 is 35.0 Å². The van der Waals surface area contributed by atoms with E-state index in [9.17, 15) is 4.79 Å². The summed E-state index contributed by atoms with van der Waals surface area (Å²) in [6.07, 6.45) is 10.9. The molecule has 0 atom stereocenters. The molecule has 0 bridgehead atoms. The van der Waals surface area contributed by atoms with Gasteiger partial charge in [0.15, 0.2) is 0 Å². The number of rotatable bonds is 2. The Kier molecular flexibility index (Phi) is 3.36. The van der Waals surface area contributed by atoms with Gasteiger partial charge in [0.2, 0.25) is 0 Å². The standard InChI is InChI=1S/C24H16O2/c25-24(18-5-2-1-3-6-18)26-19-12-9-17-11-13-21-20-8-4-7-16(20)10-14-22(21)23(17)15-19/h1-14H,15H2. The van der Waals surface area contributed by atoms with Crippen molar-refractivity contribution in [2.75, 3.05) is 0 Å². The van der Waals surface area contributed by atoms with Crippen molar-refractivity contribution in [1.29, 1.82) is 0 Å². The molecule has 26 heavy (non-hydrogen) atoms. The summed E-state index contributed by atoms with van der Waals surface area (Å²) in [6.45, 7) is 0. The highest BCUT2D eigenvalue weighted by Crippen LogP contribution is 2.24. The van der Waals surface area contributed by atoms with E-state index < -0.39 is 0 Å². The van der Waals surface area contributed by atoms with Crippen molar-refractivity contribution in [2.45, 2.75) is 6.42 Å². The van der Waals surface area contributed by atoms with E-state index in [0.29, 0.717) is 17.7 Å². The fourth-order valence-corrected chi connectivity index (χ4v) is 3.70. The van der Waals surface area contributed by atoms with Gasteiger partial charge < -0.3 is 4.74 Å². The predicted molar refractivity (Wildman–Crippen MR) is 105 cm³/mol. The summed E-state index contributed by atoms with van der Waals surface area (Å²) in [5.41, 5.74) is 3.04. The molecule has 2 aliphatic rings. The largest absolute Gasteiger partial charge is 0.427 e. The van der Waals surface area contributed by atoms with Crippen molar-refractivity contribution < 1.29 is 9.53 Å². The molecule has 2 heteroatoms. The zero-order valence-corrected chi connectivity index (χ0v) is 14.1. The molecule has 124 valence electrons. The number of ether oxygens (including phenoxy) is 1. The highest BCUT2D eigenvalue weighted by molar-refractivity contribution is 5.96. The van der Waals surface area contributed by atoms with Crippen molar-refractivity contribution in [1.82, 2.24) is 0 Å². The first-order valence-corrected chi connectivity index (χ1v) is 8.71. The maximum atomic E-state index is 12.4. The molecule has 0 unspecified atom stereocenters. The summed E-state index contributed by atoms with van der Waals surface area (Å²) in [7, 11) is 0. The van der Waals surface area contributed by atoms with Crippen molar-refractivity contribution in [2.24, 2.45) is 0 Å². The lowest BCUT2D eigenvalue weighted by molar-refractivity contribution is 0.0618. The zero-order chi connectivity index (χ0) is 17.5. The minimum Gasteiger partial charge on any atom is -0.427 e. The van der Waals surface area contributed by atoms with Gasteiger partial charge in [-0.1, -0.05) is 66.8 Å². The third-order valence-corrected chi connectivity index (χ3v) is 5.00. The molecule has 5 rings (SSSR count). The minimum atomic E-state index is -0.313. The Morgan fingerprint density at radius 2 is 1.62 bits per heavy atom. The summed E-state index contributed by atoms with van der Waals surface area (Å²) in [5, 5.41) is 4.90. The van der Waals surface area contributed by atoms with Crippen LogP contribution in [-0.2, 0) is 11.2 Å². The van der Waals surface area contributed by atoms with E-state index in [1.54, 1.807) is 12.1 Å². The second-order valence-corrected chi connectivity index (χ2v) is 6.55. The van der Waals surface area contributed by atoms with Crippen molar-refractivity contribution in [3.8, 4) is 0 Å². The monoisotopic (exact) mass is 336 g/mol. The maximum absolute atomic E-state index is 12.4. The van der Waals surface area contributed by atoms with Crippen LogP contribution in [0.1, 0.15) is 21.5 Å². The van der Waals surface area contributed by atoms with Gasteiger partial charge in [-0.15, -0.1) is 0 Å². The highest BCUT2D eigenvalue weighted by Gasteiger charge is 2.16. The van der Waals surface area contributed by atoms with E-state index >= 15 is 0 Å². The normalized spacial score (nSPS) is 14.1. The topological polar surface area (TPSA) is 26.3 Å². The van der Waals surface area contributed by atoms with Gasteiger partial charge in [-0.2, -0.15) is 0 Å². The van der Waals surface area contributed by atoms with Crippen LogP contribution in [0.25, 0.3) is 29.0 Å². The molecule has 0 spiro atoms. The van der Waals surface area contributed by atoms with Gasteiger partial charge in [-0.05, 0) is 50.5 Å². The van der Waals surface area contributed by atoms with E-state index in [1.165, 1.54) is 32.3 Å². The van der Waals surface area contributed by atoms with Crippen LogP contribution < -0.4 is 10.4 Å². The summed E-state index contributed by atoms with van der Waals surface area (Å²) >= 11 is 0. The summed E-state index contributed by atoms with van der Waals surface area (Å²) in [6, 6.07) is 17.8. The third kappa shape index (κ3) is 2.39.